The molecular formula is C19H30N2O2. The number of piperidine rings is 1. The van der Waals surface area contributed by atoms with Crippen molar-refractivity contribution in [2.24, 2.45) is 5.73 Å². The molecule has 3 rings (SSSR count). The molecule has 2 N–H and O–H groups in total. The Morgan fingerprint density at radius 1 is 1.00 bits per heavy atom. The third-order valence-corrected chi connectivity index (χ3v) is 4.79. The average molecular weight is 318 g/mol. The maximum Gasteiger partial charge on any atom is 0.126 e. The van der Waals surface area contributed by atoms with Crippen molar-refractivity contribution in [1.82, 2.24) is 4.90 Å². The zero-order valence-electron chi connectivity index (χ0n) is 14.5. The maximum absolute atomic E-state index is 6.01. The lowest BCUT2D eigenvalue weighted by molar-refractivity contribution is 0.205. The van der Waals surface area contributed by atoms with Gasteiger partial charge < -0.3 is 15.2 Å². The first-order chi connectivity index (χ1) is 11.2. The van der Waals surface area contributed by atoms with Gasteiger partial charge in [0, 0.05) is 18.2 Å². The molecule has 1 saturated heterocycles. The summed E-state index contributed by atoms with van der Waals surface area (Å²) in [5, 5.41) is 0. The highest BCUT2D eigenvalue weighted by molar-refractivity contribution is 5.52. The smallest absolute Gasteiger partial charge is 0.126 e. The van der Waals surface area contributed by atoms with E-state index in [0.29, 0.717) is 25.2 Å². The molecule has 0 radical (unpaired) electrons. The van der Waals surface area contributed by atoms with E-state index in [4.69, 9.17) is 15.2 Å². The Kier molecular flexibility index (Phi) is 5.44. The molecule has 128 valence electrons. The number of ether oxygens (including phenoxy) is 2. The molecule has 1 saturated carbocycles. The molecule has 1 aromatic rings. The zero-order valence-corrected chi connectivity index (χ0v) is 14.5. The molecule has 2 fully saturated rings. The van der Waals surface area contributed by atoms with Crippen molar-refractivity contribution in [3.8, 4) is 11.5 Å². The largest absolute Gasteiger partial charge is 0.493 e. The summed E-state index contributed by atoms with van der Waals surface area (Å²) in [6, 6.07) is 4.84. The molecule has 1 aliphatic carbocycles. The first-order valence-electron chi connectivity index (χ1n) is 9.11. The van der Waals surface area contributed by atoms with E-state index in [1.165, 1.54) is 24.0 Å². The molecule has 4 nitrogen and oxygen atoms in total. The second-order valence-corrected chi connectivity index (χ2v) is 6.76. The van der Waals surface area contributed by atoms with Crippen molar-refractivity contribution in [2.45, 2.75) is 58.0 Å². The number of likely N-dealkylation sites (tertiary alicyclic amines) is 1. The lowest BCUT2D eigenvalue weighted by Gasteiger charge is -2.30. The third-order valence-electron chi connectivity index (χ3n) is 4.79. The second-order valence-electron chi connectivity index (χ2n) is 6.76. The Bertz CT molecular complexity index is 493. The van der Waals surface area contributed by atoms with E-state index < -0.39 is 0 Å². The number of hydrogen-bond acceptors (Lipinski definition) is 4. The van der Waals surface area contributed by atoms with Crippen LogP contribution in [0, 0.1) is 0 Å². The van der Waals surface area contributed by atoms with Gasteiger partial charge in [-0.3, -0.25) is 4.90 Å². The molecule has 0 spiro atoms. The van der Waals surface area contributed by atoms with Crippen molar-refractivity contribution in [3.05, 3.63) is 23.3 Å². The highest BCUT2D eigenvalue weighted by Crippen LogP contribution is 2.49. The standard InChI is InChI=1S/C19H30N2O2/c1-3-22-17-11-14(13-21-9-7-16(20)8-10-21)12-18(23-4-2)19(17)15-5-6-15/h11-12,15-16H,3-10,13,20H2,1-2H3. The van der Waals surface area contributed by atoms with Crippen LogP contribution in [0.3, 0.4) is 0 Å². The van der Waals surface area contributed by atoms with E-state index in [0.717, 1.165) is 44.0 Å². The van der Waals surface area contributed by atoms with Crippen LogP contribution in [0.1, 0.15) is 56.6 Å². The Morgan fingerprint density at radius 3 is 2.04 bits per heavy atom. The lowest BCUT2D eigenvalue weighted by atomic mass is 10.0. The van der Waals surface area contributed by atoms with Crippen molar-refractivity contribution in [3.63, 3.8) is 0 Å². The van der Waals surface area contributed by atoms with Gasteiger partial charge in [-0.15, -0.1) is 0 Å². The quantitative estimate of drug-likeness (QED) is 0.838. The van der Waals surface area contributed by atoms with Crippen molar-refractivity contribution in [2.75, 3.05) is 26.3 Å². The molecular weight excluding hydrogens is 288 g/mol. The minimum atomic E-state index is 0.376. The minimum Gasteiger partial charge on any atom is -0.493 e. The average Bonchev–Trinajstić information content (AvgIpc) is 3.35. The fourth-order valence-corrected chi connectivity index (χ4v) is 3.44. The molecule has 4 heteroatoms. The van der Waals surface area contributed by atoms with Crippen LogP contribution in [0.2, 0.25) is 0 Å². The summed E-state index contributed by atoms with van der Waals surface area (Å²) >= 11 is 0. The van der Waals surface area contributed by atoms with Crippen LogP contribution in [-0.2, 0) is 6.54 Å². The second kappa shape index (κ2) is 7.54. The van der Waals surface area contributed by atoms with Crippen LogP contribution in [0.15, 0.2) is 12.1 Å². The van der Waals surface area contributed by atoms with Gasteiger partial charge in [-0.25, -0.2) is 0 Å². The number of nitrogens with two attached hydrogens (primary N) is 1. The molecule has 1 aliphatic heterocycles. The van der Waals surface area contributed by atoms with Crippen LogP contribution in [0.25, 0.3) is 0 Å². The third kappa shape index (κ3) is 4.18. The summed E-state index contributed by atoms with van der Waals surface area (Å²) in [7, 11) is 0. The first kappa shape index (κ1) is 16.6. The summed E-state index contributed by atoms with van der Waals surface area (Å²) in [4.78, 5) is 2.49. The number of hydrogen-bond donors (Lipinski definition) is 1. The molecule has 0 unspecified atom stereocenters. The molecule has 0 aromatic heterocycles. The van der Waals surface area contributed by atoms with Crippen molar-refractivity contribution >= 4 is 0 Å². The number of nitrogens with zero attached hydrogens (tertiary/aromatic N) is 1. The summed E-state index contributed by atoms with van der Waals surface area (Å²) in [6.07, 6.45) is 4.70. The van der Waals surface area contributed by atoms with Gasteiger partial charge in [-0.2, -0.15) is 0 Å². The highest BCUT2D eigenvalue weighted by atomic mass is 16.5. The summed E-state index contributed by atoms with van der Waals surface area (Å²) in [6.45, 7) is 8.63. The highest BCUT2D eigenvalue weighted by Gasteiger charge is 2.31. The monoisotopic (exact) mass is 318 g/mol. The topological polar surface area (TPSA) is 47.7 Å². The Hall–Kier alpha value is -1.26. The van der Waals surface area contributed by atoms with Crippen LogP contribution < -0.4 is 15.2 Å². The predicted octanol–water partition coefficient (Wildman–Crippen LogP) is 3.28. The van der Waals surface area contributed by atoms with Gasteiger partial charge in [0.2, 0.25) is 0 Å². The fourth-order valence-electron chi connectivity index (χ4n) is 3.44. The van der Waals surface area contributed by atoms with Crippen LogP contribution in [0.5, 0.6) is 11.5 Å². The van der Waals surface area contributed by atoms with Crippen molar-refractivity contribution < 1.29 is 9.47 Å². The van der Waals surface area contributed by atoms with Crippen LogP contribution in [-0.4, -0.2) is 37.2 Å². The molecule has 0 atom stereocenters. The van der Waals surface area contributed by atoms with Gasteiger partial charge in [-0.05, 0) is 76.2 Å². The Labute approximate surface area is 139 Å². The number of benzene rings is 1. The van der Waals surface area contributed by atoms with E-state index in [2.05, 4.69) is 30.9 Å². The summed E-state index contributed by atoms with van der Waals surface area (Å²) in [5.74, 6) is 2.69. The minimum absolute atomic E-state index is 0.376. The lowest BCUT2D eigenvalue weighted by Crippen LogP contribution is -2.39. The van der Waals surface area contributed by atoms with Gasteiger partial charge in [0.25, 0.3) is 0 Å². The van der Waals surface area contributed by atoms with E-state index in [1.54, 1.807) is 0 Å². The van der Waals surface area contributed by atoms with Gasteiger partial charge >= 0.3 is 0 Å². The molecule has 1 heterocycles. The van der Waals surface area contributed by atoms with E-state index >= 15 is 0 Å². The van der Waals surface area contributed by atoms with E-state index in [9.17, 15) is 0 Å². The summed E-state index contributed by atoms with van der Waals surface area (Å²) < 4.78 is 11.9. The molecule has 0 bridgehead atoms. The molecule has 23 heavy (non-hydrogen) atoms. The first-order valence-corrected chi connectivity index (χ1v) is 9.11. The van der Waals surface area contributed by atoms with Gasteiger partial charge in [0.1, 0.15) is 11.5 Å². The molecule has 0 amide bonds. The van der Waals surface area contributed by atoms with Crippen molar-refractivity contribution in [1.29, 1.82) is 0 Å². The Balaban J connectivity index is 1.81. The van der Waals surface area contributed by atoms with Gasteiger partial charge in [-0.1, -0.05) is 0 Å². The number of rotatable bonds is 7. The van der Waals surface area contributed by atoms with Crippen LogP contribution in [0.4, 0.5) is 0 Å². The fraction of sp³-hybridized carbons (Fsp3) is 0.684. The normalized spacial score (nSPS) is 19.8. The Morgan fingerprint density at radius 2 is 1.57 bits per heavy atom. The molecule has 1 aromatic carbocycles. The SMILES string of the molecule is CCOc1cc(CN2CCC(N)CC2)cc(OCC)c1C1CC1. The van der Waals surface area contributed by atoms with E-state index in [1.807, 2.05) is 0 Å². The van der Waals surface area contributed by atoms with Gasteiger partial charge in [0.15, 0.2) is 0 Å². The molecule has 2 aliphatic rings. The van der Waals surface area contributed by atoms with E-state index in [-0.39, 0.29) is 0 Å². The predicted molar refractivity (Wildman–Crippen MR) is 93.2 cm³/mol. The van der Waals surface area contributed by atoms with Gasteiger partial charge in [0.05, 0.1) is 13.2 Å². The van der Waals surface area contributed by atoms with Crippen LogP contribution >= 0.6 is 0 Å². The summed E-state index contributed by atoms with van der Waals surface area (Å²) in [5.41, 5.74) is 8.59. The maximum atomic E-state index is 6.01. The zero-order chi connectivity index (χ0) is 16.2.